The average molecular weight is 334 g/mol. The third-order valence-corrected chi connectivity index (χ3v) is 3.69. The summed E-state index contributed by atoms with van der Waals surface area (Å²) < 4.78 is 6.85. The van der Waals surface area contributed by atoms with Gasteiger partial charge >= 0.3 is 0 Å². The molecule has 0 aromatic heterocycles. The van der Waals surface area contributed by atoms with Crippen LogP contribution in [0.4, 0.5) is 0 Å². The second kappa shape index (κ2) is 8.08. The lowest BCUT2D eigenvalue weighted by Gasteiger charge is -2.10. The molecule has 0 aliphatic rings. The van der Waals surface area contributed by atoms with Crippen molar-refractivity contribution in [3.8, 4) is 5.75 Å². The standard InChI is InChI=1S/C17H20BrNO/c1-2-19-13-15-8-9-17(16(18)12-15)20-11-10-14-6-4-3-5-7-14/h3-9,12,19H,2,10-11,13H2,1H3. The van der Waals surface area contributed by atoms with Crippen molar-refractivity contribution in [3.63, 3.8) is 0 Å². The van der Waals surface area contributed by atoms with Crippen molar-refractivity contribution < 1.29 is 4.74 Å². The Bertz CT molecular complexity index is 528. The molecule has 0 amide bonds. The summed E-state index contributed by atoms with van der Waals surface area (Å²) in [4.78, 5) is 0. The van der Waals surface area contributed by atoms with Crippen molar-refractivity contribution in [2.24, 2.45) is 0 Å². The fourth-order valence-corrected chi connectivity index (χ4v) is 2.50. The van der Waals surface area contributed by atoms with Crippen LogP contribution < -0.4 is 10.1 Å². The van der Waals surface area contributed by atoms with Crippen molar-refractivity contribution in [2.45, 2.75) is 19.9 Å². The maximum atomic E-state index is 5.83. The van der Waals surface area contributed by atoms with Crippen LogP contribution in [0.2, 0.25) is 0 Å². The van der Waals surface area contributed by atoms with E-state index in [9.17, 15) is 0 Å². The molecular weight excluding hydrogens is 314 g/mol. The topological polar surface area (TPSA) is 21.3 Å². The first-order valence-electron chi connectivity index (χ1n) is 6.95. The summed E-state index contributed by atoms with van der Waals surface area (Å²) in [5.74, 6) is 0.904. The summed E-state index contributed by atoms with van der Waals surface area (Å²) >= 11 is 3.57. The van der Waals surface area contributed by atoms with Gasteiger partial charge in [0, 0.05) is 13.0 Å². The lowest BCUT2D eigenvalue weighted by atomic mass is 10.2. The van der Waals surface area contributed by atoms with Gasteiger partial charge in [-0.2, -0.15) is 0 Å². The van der Waals surface area contributed by atoms with E-state index in [1.54, 1.807) is 0 Å². The highest BCUT2D eigenvalue weighted by atomic mass is 79.9. The maximum absolute atomic E-state index is 5.83. The smallest absolute Gasteiger partial charge is 0.133 e. The predicted molar refractivity (Wildman–Crippen MR) is 87.2 cm³/mol. The minimum absolute atomic E-state index is 0.690. The number of hydrogen-bond donors (Lipinski definition) is 1. The fraction of sp³-hybridized carbons (Fsp3) is 0.294. The van der Waals surface area contributed by atoms with Gasteiger partial charge in [-0.3, -0.25) is 0 Å². The Kier molecular flexibility index (Phi) is 6.09. The molecule has 2 rings (SSSR count). The Hall–Kier alpha value is -1.32. The molecule has 0 unspecified atom stereocenters. The molecule has 20 heavy (non-hydrogen) atoms. The lowest BCUT2D eigenvalue weighted by Crippen LogP contribution is -2.11. The van der Waals surface area contributed by atoms with Crippen molar-refractivity contribution in [1.29, 1.82) is 0 Å². The Balaban J connectivity index is 1.86. The molecule has 1 N–H and O–H groups in total. The fourth-order valence-electron chi connectivity index (χ4n) is 1.96. The van der Waals surface area contributed by atoms with Crippen molar-refractivity contribution in [1.82, 2.24) is 5.32 Å². The van der Waals surface area contributed by atoms with E-state index >= 15 is 0 Å². The minimum atomic E-state index is 0.690. The summed E-state index contributed by atoms with van der Waals surface area (Å²) in [6.45, 7) is 4.66. The quantitative estimate of drug-likeness (QED) is 0.820. The zero-order valence-electron chi connectivity index (χ0n) is 11.7. The summed E-state index contributed by atoms with van der Waals surface area (Å²) in [6, 6.07) is 16.6. The molecule has 0 heterocycles. The van der Waals surface area contributed by atoms with E-state index < -0.39 is 0 Å². The lowest BCUT2D eigenvalue weighted by molar-refractivity contribution is 0.320. The monoisotopic (exact) mass is 333 g/mol. The van der Waals surface area contributed by atoms with Gasteiger partial charge in [-0.25, -0.2) is 0 Å². The van der Waals surface area contributed by atoms with Gasteiger partial charge in [-0.05, 0) is 45.7 Å². The molecule has 0 radical (unpaired) electrons. The van der Waals surface area contributed by atoms with E-state index in [0.29, 0.717) is 6.61 Å². The first kappa shape index (κ1) is 15.1. The Labute approximate surface area is 129 Å². The number of halogens is 1. The van der Waals surface area contributed by atoms with Crippen LogP contribution in [0.15, 0.2) is 53.0 Å². The van der Waals surface area contributed by atoms with Crippen molar-refractivity contribution in [2.75, 3.05) is 13.2 Å². The van der Waals surface area contributed by atoms with Crippen LogP contribution >= 0.6 is 15.9 Å². The molecule has 0 saturated heterocycles. The van der Waals surface area contributed by atoms with Gasteiger partial charge in [-0.1, -0.05) is 43.3 Å². The molecule has 2 aromatic carbocycles. The molecular formula is C17H20BrNO. The van der Waals surface area contributed by atoms with Gasteiger partial charge in [-0.15, -0.1) is 0 Å². The number of hydrogen-bond acceptors (Lipinski definition) is 2. The second-order valence-corrected chi connectivity index (χ2v) is 5.48. The molecule has 0 aliphatic carbocycles. The Morgan fingerprint density at radius 3 is 2.55 bits per heavy atom. The molecule has 0 atom stereocenters. The third kappa shape index (κ3) is 4.66. The Morgan fingerprint density at radius 2 is 1.85 bits per heavy atom. The predicted octanol–water partition coefficient (Wildman–Crippen LogP) is 4.18. The van der Waals surface area contributed by atoms with E-state index in [2.05, 4.69) is 64.6 Å². The normalized spacial score (nSPS) is 10.5. The zero-order valence-corrected chi connectivity index (χ0v) is 13.3. The minimum Gasteiger partial charge on any atom is -0.492 e. The number of ether oxygens (including phenoxy) is 1. The number of rotatable bonds is 7. The third-order valence-electron chi connectivity index (χ3n) is 3.07. The summed E-state index contributed by atoms with van der Waals surface area (Å²) in [6.07, 6.45) is 0.923. The van der Waals surface area contributed by atoms with Crippen LogP contribution in [0.1, 0.15) is 18.1 Å². The largest absolute Gasteiger partial charge is 0.492 e. The van der Waals surface area contributed by atoms with E-state index in [-0.39, 0.29) is 0 Å². The summed E-state index contributed by atoms with van der Waals surface area (Å²) in [5, 5.41) is 3.31. The van der Waals surface area contributed by atoms with E-state index in [0.717, 1.165) is 29.7 Å². The van der Waals surface area contributed by atoms with E-state index in [4.69, 9.17) is 4.74 Å². The molecule has 0 bridgehead atoms. The van der Waals surface area contributed by atoms with Crippen LogP contribution in [0.25, 0.3) is 0 Å². The van der Waals surface area contributed by atoms with E-state index in [1.807, 2.05) is 12.1 Å². The van der Waals surface area contributed by atoms with Crippen molar-refractivity contribution in [3.05, 3.63) is 64.1 Å². The number of benzene rings is 2. The van der Waals surface area contributed by atoms with Crippen LogP contribution in [0.3, 0.4) is 0 Å². The molecule has 0 fully saturated rings. The molecule has 0 aliphatic heterocycles. The molecule has 2 nitrogen and oxygen atoms in total. The van der Waals surface area contributed by atoms with Gasteiger partial charge in [0.2, 0.25) is 0 Å². The van der Waals surface area contributed by atoms with Crippen molar-refractivity contribution >= 4 is 15.9 Å². The molecule has 0 spiro atoms. The first-order chi connectivity index (χ1) is 9.79. The average Bonchev–Trinajstić information content (AvgIpc) is 2.48. The molecule has 2 aromatic rings. The highest BCUT2D eigenvalue weighted by Crippen LogP contribution is 2.26. The Morgan fingerprint density at radius 1 is 1.05 bits per heavy atom. The van der Waals surface area contributed by atoms with E-state index in [1.165, 1.54) is 11.1 Å². The summed E-state index contributed by atoms with van der Waals surface area (Å²) in [7, 11) is 0. The van der Waals surface area contributed by atoms with Gasteiger partial charge in [0.05, 0.1) is 11.1 Å². The SMILES string of the molecule is CCNCc1ccc(OCCc2ccccc2)c(Br)c1. The van der Waals surface area contributed by atoms with Gasteiger partial charge < -0.3 is 10.1 Å². The summed E-state index contributed by atoms with van der Waals surface area (Å²) in [5.41, 5.74) is 2.56. The second-order valence-electron chi connectivity index (χ2n) is 4.63. The van der Waals surface area contributed by atoms with Gasteiger partial charge in [0.25, 0.3) is 0 Å². The van der Waals surface area contributed by atoms with Crippen LogP contribution in [0.5, 0.6) is 5.75 Å². The maximum Gasteiger partial charge on any atom is 0.133 e. The van der Waals surface area contributed by atoms with Gasteiger partial charge in [0.15, 0.2) is 0 Å². The van der Waals surface area contributed by atoms with Crippen LogP contribution in [0, 0.1) is 0 Å². The molecule has 0 saturated carbocycles. The first-order valence-corrected chi connectivity index (χ1v) is 7.74. The molecule has 3 heteroatoms. The zero-order chi connectivity index (χ0) is 14.2. The molecule has 106 valence electrons. The van der Waals surface area contributed by atoms with Crippen LogP contribution in [-0.2, 0) is 13.0 Å². The van der Waals surface area contributed by atoms with Crippen LogP contribution in [-0.4, -0.2) is 13.2 Å². The van der Waals surface area contributed by atoms with Gasteiger partial charge in [0.1, 0.15) is 5.75 Å². The number of nitrogens with one attached hydrogen (secondary N) is 1. The highest BCUT2D eigenvalue weighted by molar-refractivity contribution is 9.10. The highest BCUT2D eigenvalue weighted by Gasteiger charge is 2.03.